The summed E-state index contributed by atoms with van der Waals surface area (Å²) >= 11 is 0. The summed E-state index contributed by atoms with van der Waals surface area (Å²) in [6.07, 6.45) is 1.51. The van der Waals surface area contributed by atoms with Crippen molar-refractivity contribution in [2.24, 2.45) is 0 Å². The molecule has 0 aliphatic carbocycles. The Balaban J connectivity index is 1.91. The van der Waals surface area contributed by atoms with E-state index in [-0.39, 0.29) is 11.7 Å². The van der Waals surface area contributed by atoms with Crippen LogP contribution in [-0.2, 0) is 4.79 Å². The van der Waals surface area contributed by atoms with E-state index in [0.29, 0.717) is 34.0 Å². The lowest BCUT2D eigenvalue weighted by molar-refractivity contribution is -0.116. The quantitative estimate of drug-likeness (QED) is 0.512. The summed E-state index contributed by atoms with van der Waals surface area (Å²) in [7, 11) is 1.57. The van der Waals surface area contributed by atoms with Crippen LogP contribution < -0.4 is 11.1 Å². The van der Waals surface area contributed by atoms with Crippen molar-refractivity contribution in [2.45, 2.75) is 6.92 Å². The van der Waals surface area contributed by atoms with E-state index in [0.717, 1.165) is 11.1 Å². The summed E-state index contributed by atoms with van der Waals surface area (Å²) < 4.78 is 15.0. The van der Waals surface area contributed by atoms with Crippen LogP contribution in [0.25, 0.3) is 22.5 Å². The van der Waals surface area contributed by atoms with Crippen LogP contribution in [0.15, 0.2) is 66.7 Å². The molecule has 7 heteroatoms. The van der Waals surface area contributed by atoms with Gasteiger partial charge in [0, 0.05) is 24.3 Å². The lowest BCUT2D eigenvalue weighted by Crippen LogP contribution is -2.15. The molecule has 3 N–H and O–H groups in total. The molecule has 0 aliphatic rings. The average molecular weight is 401 g/mol. The minimum atomic E-state index is -0.338. The van der Waals surface area contributed by atoms with Gasteiger partial charge in [0.25, 0.3) is 0 Å². The monoisotopic (exact) mass is 401 g/mol. The van der Waals surface area contributed by atoms with Crippen LogP contribution >= 0.6 is 0 Å². The van der Waals surface area contributed by atoms with Crippen molar-refractivity contribution >= 4 is 22.9 Å². The van der Waals surface area contributed by atoms with Gasteiger partial charge in [-0.15, -0.1) is 0 Å². The Labute approximate surface area is 172 Å². The molecular weight excluding hydrogens is 381 g/mol. The number of hydrogen-bond acceptors (Lipinski definition) is 4. The highest BCUT2D eigenvalue weighted by Crippen LogP contribution is 2.29. The summed E-state index contributed by atoms with van der Waals surface area (Å²) in [5.41, 5.74) is 11.2. The highest BCUT2D eigenvalue weighted by atomic mass is 19.1. The molecule has 1 amide bonds. The molecule has 0 bridgehead atoms. The molecule has 2 aromatic carbocycles. The maximum Gasteiger partial charge on any atom is 0.244 e. The van der Waals surface area contributed by atoms with Gasteiger partial charge in [-0.25, -0.2) is 13.9 Å². The predicted octanol–water partition coefficient (Wildman–Crippen LogP) is 3.60. The van der Waals surface area contributed by atoms with Gasteiger partial charge in [-0.05, 0) is 48.9 Å². The molecule has 0 spiro atoms. The van der Waals surface area contributed by atoms with Crippen molar-refractivity contribution in [3.8, 4) is 11.3 Å². The molecule has 0 fully saturated rings. The van der Waals surface area contributed by atoms with Gasteiger partial charge in [0.2, 0.25) is 5.91 Å². The van der Waals surface area contributed by atoms with Crippen LogP contribution in [0.5, 0.6) is 0 Å². The van der Waals surface area contributed by atoms with Crippen LogP contribution in [0.2, 0.25) is 0 Å². The molecule has 0 unspecified atom stereocenters. The number of carbonyl (C=O) groups excluding carboxylic acids is 1. The Hall–Kier alpha value is -4.00. The minimum Gasteiger partial charge on any atom is -0.382 e. The van der Waals surface area contributed by atoms with E-state index in [2.05, 4.69) is 10.3 Å². The number of nitrogens with zero attached hydrogens (tertiary/aromatic N) is 3. The maximum atomic E-state index is 13.4. The predicted molar refractivity (Wildman–Crippen MR) is 115 cm³/mol. The Morgan fingerprint density at radius 2 is 1.77 bits per heavy atom. The number of nitrogens with two attached hydrogens (primary N) is 1. The SMILES string of the molecule is CNC(=O)/C=C(\c1ccc(C)cc1)c1ccc2nc(N)c(-c3ccc(F)cc3)n2n1. The second-order valence-electron chi connectivity index (χ2n) is 6.88. The molecule has 2 aromatic heterocycles. The molecule has 0 aliphatic heterocycles. The van der Waals surface area contributed by atoms with Crippen molar-refractivity contribution in [2.75, 3.05) is 12.8 Å². The fourth-order valence-electron chi connectivity index (χ4n) is 3.21. The highest BCUT2D eigenvalue weighted by Gasteiger charge is 2.16. The van der Waals surface area contributed by atoms with Crippen molar-refractivity contribution in [1.82, 2.24) is 19.9 Å². The smallest absolute Gasteiger partial charge is 0.244 e. The number of nitrogens with one attached hydrogen (secondary N) is 1. The summed E-state index contributed by atoms with van der Waals surface area (Å²) in [6.45, 7) is 2.00. The van der Waals surface area contributed by atoms with Crippen molar-refractivity contribution in [3.05, 3.63) is 89.4 Å². The summed E-state index contributed by atoms with van der Waals surface area (Å²) in [5.74, 6) is -0.287. The highest BCUT2D eigenvalue weighted by molar-refractivity contribution is 5.98. The van der Waals surface area contributed by atoms with E-state index in [1.807, 2.05) is 31.2 Å². The minimum absolute atomic E-state index is 0.239. The molecule has 0 saturated heterocycles. The summed E-state index contributed by atoms with van der Waals surface area (Å²) in [6, 6.07) is 17.4. The van der Waals surface area contributed by atoms with E-state index >= 15 is 0 Å². The van der Waals surface area contributed by atoms with Gasteiger partial charge in [0.1, 0.15) is 11.5 Å². The zero-order valence-electron chi connectivity index (χ0n) is 16.6. The Morgan fingerprint density at radius 1 is 1.07 bits per heavy atom. The number of amides is 1. The van der Waals surface area contributed by atoms with Gasteiger partial charge in [-0.3, -0.25) is 4.79 Å². The van der Waals surface area contributed by atoms with Crippen molar-refractivity contribution < 1.29 is 9.18 Å². The first-order valence-corrected chi connectivity index (χ1v) is 9.38. The average Bonchev–Trinajstić information content (AvgIpc) is 3.08. The third-order valence-corrected chi connectivity index (χ3v) is 4.78. The molecule has 4 aromatic rings. The fraction of sp³-hybridized carbons (Fsp3) is 0.0870. The van der Waals surface area contributed by atoms with Crippen LogP contribution in [0.1, 0.15) is 16.8 Å². The largest absolute Gasteiger partial charge is 0.382 e. The maximum absolute atomic E-state index is 13.4. The molecule has 6 nitrogen and oxygen atoms in total. The van der Waals surface area contributed by atoms with Crippen LogP contribution in [0, 0.1) is 12.7 Å². The van der Waals surface area contributed by atoms with E-state index in [4.69, 9.17) is 10.8 Å². The van der Waals surface area contributed by atoms with Crippen molar-refractivity contribution in [3.63, 3.8) is 0 Å². The van der Waals surface area contributed by atoms with Crippen LogP contribution in [0.3, 0.4) is 0 Å². The molecule has 2 heterocycles. The number of carbonyl (C=O) groups is 1. The molecular formula is C23H20FN5O. The molecule has 0 saturated carbocycles. The molecule has 0 radical (unpaired) electrons. The number of nitrogen functional groups attached to an aromatic ring is 1. The topological polar surface area (TPSA) is 85.3 Å². The number of likely N-dealkylation sites (N-methyl/N-ethyl adjacent to an activating group) is 1. The molecule has 150 valence electrons. The standard InChI is InChI=1S/C23H20FN5O/c1-14-3-5-15(6-4-14)18(13-21(30)26-2)19-11-12-20-27-23(25)22(29(20)28-19)16-7-9-17(24)10-8-16/h3-13H,25H2,1-2H3,(H,26,30)/b18-13+. The number of aromatic nitrogens is 3. The number of aryl methyl sites for hydroxylation is 1. The normalized spacial score (nSPS) is 11.6. The number of anilines is 1. The van der Waals surface area contributed by atoms with Gasteiger partial charge in [0.15, 0.2) is 11.5 Å². The molecule has 4 rings (SSSR count). The first kappa shape index (κ1) is 19.3. The van der Waals surface area contributed by atoms with Gasteiger partial charge in [0.05, 0.1) is 5.69 Å². The van der Waals surface area contributed by atoms with E-state index < -0.39 is 0 Å². The number of rotatable bonds is 4. The zero-order chi connectivity index (χ0) is 21.3. The second-order valence-corrected chi connectivity index (χ2v) is 6.88. The lowest BCUT2D eigenvalue weighted by Gasteiger charge is -2.10. The molecule has 30 heavy (non-hydrogen) atoms. The van der Waals surface area contributed by atoms with Crippen LogP contribution in [0.4, 0.5) is 10.2 Å². The zero-order valence-corrected chi connectivity index (χ0v) is 16.6. The van der Waals surface area contributed by atoms with Gasteiger partial charge < -0.3 is 11.1 Å². The Morgan fingerprint density at radius 3 is 2.43 bits per heavy atom. The number of halogens is 1. The lowest BCUT2D eigenvalue weighted by atomic mass is 10.0. The van der Waals surface area contributed by atoms with Crippen LogP contribution in [-0.4, -0.2) is 27.6 Å². The van der Waals surface area contributed by atoms with Gasteiger partial charge in [-0.2, -0.15) is 5.10 Å². The van der Waals surface area contributed by atoms with Crippen molar-refractivity contribution in [1.29, 1.82) is 0 Å². The number of fused-ring (bicyclic) bond motifs is 1. The van der Waals surface area contributed by atoms with E-state index in [1.54, 1.807) is 35.8 Å². The summed E-state index contributed by atoms with van der Waals surface area (Å²) in [5, 5.41) is 7.33. The fourth-order valence-corrected chi connectivity index (χ4v) is 3.21. The Kier molecular flexibility index (Phi) is 5.02. The number of hydrogen-bond donors (Lipinski definition) is 2. The van der Waals surface area contributed by atoms with Gasteiger partial charge >= 0.3 is 0 Å². The first-order valence-electron chi connectivity index (χ1n) is 9.38. The first-order chi connectivity index (χ1) is 14.5. The number of benzene rings is 2. The van der Waals surface area contributed by atoms with E-state index in [9.17, 15) is 9.18 Å². The summed E-state index contributed by atoms with van der Waals surface area (Å²) in [4.78, 5) is 16.5. The van der Waals surface area contributed by atoms with E-state index in [1.165, 1.54) is 18.2 Å². The molecule has 0 atom stereocenters. The van der Waals surface area contributed by atoms with Gasteiger partial charge in [-0.1, -0.05) is 29.8 Å². The third kappa shape index (κ3) is 3.65. The number of imidazole rings is 1. The second kappa shape index (κ2) is 7.79. The Bertz CT molecular complexity index is 1260. The third-order valence-electron chi connectivity index (χ3n) is 4.78.